The Kier molecular flexibility index (Phi) is 7.03. The number of carbonyl (C=O) groups excluding carboxylic acids is 1. The van der Waals surface area contributed by atoms with Crippen LogP contribution in [0.4, 0.5) is 5.69 Å². The van der Waals surface area contributed by atoms with Crippen molar-refractivity contribution in [2.45, 2.75) is 39.0 Å². The van der Waals surface area contributed by atoms with Gasteiger partial charge in [0.15, 0.2) is 0 Å². The molecule has 3 rings (SSSR count). The summed E-state index contributed by atoms with van der Waals surface area (Å²) in [6, 6.07) is 8.47. The van der Waals surface area contributed by atoms with Crippen LogP contribution in [-0.2, 0) is 28.9 Å². The van der Waals surface area contributed by atoms with Crippen LogP contribution in [0.2, 0.25) is 0 Å². The lowest BCUT2D eigenvalue weighted by Crippen LogP contribution is -2.48. The highest BCUT2D eigenvalue weighted by molar-refractivity contribution is 7.11. The molecule has 0 radical (unpaired) electrons. The molecule has 1 fully saturated rings. The van der Waals surface area contributed by atoms with Crippen molar-refractivity contribution in [1.29, 1.82) is 0 Å². The van der Waals surface area contributed by atoms with Gasteiger partial charge in [0, 0.05) is 55.0 Å². The predicted octanol–water partition coefficient (Wildman–Crippen LogP) is 3.00. The number of anilines is 1. The minimum absolute atomic E-state index is 0.145. The third-order valence-electron chi connectivity index (χ3n) is 5.06. The zero-order valence-electron chi connectivity index (χ0n) is 16.3. The maximum atomic E-state index is 11.4. The van der Waals surface area contributed by atoms with Gasteiger partial charge in [0.1, 0.15) is 0 Å². The fourth-order valence-corrected chi connectivity index (χ4v) is 4.45. The van der Waals surface area contributed by atoms with E-state index in [-0.39, 0.29) is 12.3 Å². The molecule has 0 unspecified atom stereocenters. The van der Waals surface area contributed by atoms with E-state index in [4.69, 9.17) is 5.11 Å². The molecule has 0 aromatic carbocycles. The lowest BCUT2D eigenvalue weighted by molar-refractivity contribution is -0.137. The van der Waals surface area contributed by atoms with Gasteiger partial charge in [0.25, 0.3) is 0 Å². The largest absolute Gasteiger partial charge is 0.481 e. The van der Waals surface area contributed by atoms with Crippen molar-refractivity contribution in [3.8, 4) is 0 Å². The summed E-state index contributed by atoms with van der Waals surface area (Å²) in [7, 11) is 0. The second-order valence-electron chi connectivity index (χ2n) is 7.12. The van der Waals surface area contributed by atoms with E-state index in [2.05, 4.69) is 34.1 Å². The molecule has 0 saturated carbocycles. The number of hydrogen-bond donors (Lipinski definition) is 1. The molecule has 2 aromatic heterocycles. The molecule has 28 heavy (non-hydrogen) atoms. The summed E-state index contributed by atoms with van der Waals surface area (Å²) in [5.41, 5.74) is 2.19. The number of thiophene rings is 1. The number of amides is 1. The summed E-state index contributed by atoms with van der Waals surface area (Å²) in [6.45, 7) is 4.86. The van der Waals surface area contributed by atoms with Gasteiger partial charge in [0.2, 0.25) is 5.91 Å². The van der Waals surface area contributed by atoms with Crippen LogP contribution in [-0.4, -0.2) is 53.0 Å². The summed E-state index contributed by atoms with van der Waals surface area (Å²) < 4.78 is 0. The number of rotatable bonds is 8. The molecule has 1 N–H and O–H groups in total. The Morgan fingerprint density at radius 2 is 1.75 bits per heavy atom. The average Bonchev–Trinajstić information content (AvgIpc) is 3.14. The Hall–Kier alpha value is -2.41. The van der Waals surface area contributed by atoms with Crippen molar-refractivity contribution >= 4 is 28.9 Å². The van der Waals surface area contributed by atoms with E-state index >= 15 is 0 Å². The smallest absolute Gasteiger partial charge is 0.303 e. The van der Waals surface area contributed by atoms with E-state index in [1.165, 1.54) is 9.75 Å². The van der Waals surface area contributed by atoms with Gasteiger partial charge in [-0.05, 0) is 49.9 Å². The fourth-order valence-electron chi connectivity index (χ4n) is 3.39. The Labute approximate surface area is 169 Å². The van der Waals surface area contributed by atoms with Gasteiger partial charge in [-0.1, -0.05) is 0 Å². The van der Waals surface area contributed by atoms with Crippen molar-refractivity contribution in [2.24, 2.45) is 0 Å². The number of aliphatic carboxylic acids is 1. The number of pyridine rings is 1. The highest BCUT2D eigenvalue weighted by atomic mass is 32.1. The quantitative estimate of drug-likeness (QED) is 0.736. The molecule has 150 valence electrons. The highest BCUT2D eigenvalue weighted by Crippen LogP contribution is 2.21. The molecular formula is C21H27N3O3S. The SMILES string of the molecule is CC(=O)N1CCN(c2ccc(CCc3ccc(CCCC(=O)O)s3)nc2)CC1. The second kappa shape index (κ2) is 9.68. The Morgan fingerprint density at radius 1 is 1.04 bits per heavy atom. The normalized spacial score (nSPS) is 14.3. The summed E-state index contributed by atoms with van der Waals surface area (Å²) in [6.07, 6.45) is 5.54. The molecular weight excluding hydrogens is 374 g/mol. The Morgan fingerprint density at radius 3 is 2.36 bits per heavy atom. The van der Waals surface area contributed by atoms with Gasteiger partial charge < -0.3 is 14.9 Å². The van der Waals surface area contributed by atoms with Gasteiger partial charge in [-0.25, -0.2) is 0 Å². The van der Waals surface area contributed by atoms with Crippen molar-refractivity contribution in [1.82, 2.24) is 9.88 Å². The van der Waals surface area contributed by atoms with Crippen LogP contribution >= 0.6 is 11.3 Å². The first-order chi connectivity index (χ1) is 13.5. The van der Waals surface area contributed by atoms with Gasteiger partial charge in [-0.2, -0.15) is 0 Å². The van der Waals surface area contributed by atoms with Gasteiger partial charge in [0.05, 0.1) is 11.9 Å². The van der Waals surface area contributed by atoms with Crippen LogP contribution in [0, 0.1) is 0 Å². The Balaban J connectivity index is 1.45. The maximum Gasteiger partial charge on any atom is 0.303 e. The predicted molar refractivity (Wildman–Crippen MR) is 111 cm³/mol. The van der Waals surface area contributed by atoms with E-state index in [1.807, 2.05) is 11.1 Å². The Bertz CT molecular complexity index is 795. The zero-order chi connectivity index (χ0) is 19.9. The summed E-state index contributed by atoms with van der Waals surface area (Å²) in [5, 5.41) is 8.72. The van der Waals surface area contributed by atoms with Crippen LogP contribution in [0.5, 0.6) is 0 Å². The molecule has 0 bridgehead atoms. The van der Waals surface area contributed by atoms with E-state index in [1.54, 1.807) is 18.3 Å². The van der Waals surface area contributed by atoms with Crippen LogP contribution in [0.25, 0.3) is 0 Å². The zero-order valence-corrected chi connectivity index (χ0v) is 17.1. The molecule has 2 aromatic rings. The molecule has 0 aliphatic carbocycles. The van der Waals surface area contributed by atoms with Gasteiger partial charge in [-0.15, -0.1) is 11.3 Å². The van der Waals surface area contributed by atoms with Crippen molar-refractivity contribution < 1.29 is 14.7 Å². The lowest BCUT2D eigenvalue weighted by atomic mass is 10.2. The van der Waals surface area contributed by atoms with E-state index < -0.39 is 5.97 Å². The number of carboxylic acids is 1. The molecule has 3 heterocycles. The topological polar surface area (TPSA) is 73.7 Å². The summed E-state index contributed by atoms with van der Waals surface area (Å²) in [5.74, 6) is -0.584. The first-order valence-corrected chi connectivity index (χ1v) is 10.6. The van der Waals surface area contributed by atoms with Crippen molar-refractivity contribution in [3.05, 3.63) is 45.9 Å². The standard InChI is InChI=1S/C21H27N3O3S/c1-16(25)23-11-13-24(14-12-23)18-7-5-17(22-15-18)6-8-20-10-9-19(28-20)3-2-4-21(26)27/h5,7,9-10,15H,2-4,6,8,11-14H2,1H3,(H,26,27). The highest BCUT2D eigenvalue weighted by Gasteiger charge is 2.18. The van der Waals surface area contributed by atoms with Crippen molar-refractivity contribution in [2.75, 3.05) is 31.1 Å². The molecule has 1 aliphatic heterocycles. The van der Waals surface area contributed by atoms with E-state index in [9.17, 15) is 9.59 Å². The number of piperazine rings is 1. The third kappa shape index (κ3) is 5.79. The lowest BCUT2D eigenvalue weighted by Gasteiger charge is -2.35. The summed E-state index contributed by atoms with van der Waals surface area (Å²) >= 11 is 1.77. The fraction of sp³-hybridized carbons (Fsp3) is 0.476. The molecule has 1 aliphatic rings. The molecule has 0 atom stereocenters. The van der Waals surface area contributed by atoms with Crippen LogP contribution < -0.4 is 4.90 Å². The third-order valence-corrected chi connectivity index (χ3v) is 6.26. The average molecular weight is 402 g/mol. The number of hydrogen-bond acceptors (Lipinski definition) is 5. The molecule has 0 spiro atoms. The monoisotopic (exact) mass is 401 g/mol. The maximum absolute atomic E-state index is 11.4. The molecule has 6 nitrogen and oxygen atoms in total. The summed E-state index contributed by atoms with van der Waals surface area (Å²) in [4.78, 5) is 33.4. The van der Waals surface area contributed by atoms with Crippen molar-refractivity contribution in [3.63, 3.8) is 0 Å². The minimum atomic E-state index is -0.730. The van der Waals surface area contributed by atoms with Crippen LogP contribution in [0.3, 0.4) is 0 Å². The van der Waals surface area contributed by atoms with Crippen LogP contribution in [0.15, 0.2) is 30.5 Å². The van der Waals surface area contributed by atoms with Gasteiger partial charge >= 0.3 is 5.97 Å². The van der Waals surface area contributed by atoms with Gasteiger partial charge in [-0.3, -0.25) is 14.6 Å². The number of carbonyl (C=O) groups is 2. The number of nitrogens with zero attached hydrogens (tertiary/aromatic N) is 3. The number of aromatic nitrogens is 1. The molecule has 7 heteroatoms. The van der Waals surface area contributed by atoms with E-state index in [0.29, 0.717) is 6.42 Å². The minimum Gasteiger partial charge on any atom is -0.481 e. The number of aryl methyl sites for hydroxylation is 3. The molecule has 1 saturated heterocycles. The first-order valence-electron chi connectivity index (χ1n) is 9.76. The van der Waals surface area contributed by atoms with E-state index in [0.717, 1.165) is 56.8 Å². The second-order valence-corrected chi connectivity index (χ2v) is 8.37. The number of carboxylic acid groups (broad SMARTS) is 1. The molecule has 1 amide bonds. The first kappa shape index (κ1) is 20.3. The van der Waals surface area contributed by atoms with Crippen LogP contribution in [0.1, 0.15) is 35.2 Å².